The molecule has 0 spiro atoms. The number of carboxylic acids is 1. The third kappa shape index (κ3) is 5.30. The normalized spacial score (nSPS) is 15.2. The van der Waals surface area contributed by atoms with Crippen molar-refractivity contribution in [3.8, 4) is 0 Å². The van der Waals surface area contributed by atoms with E-state index in [0.717, 1.165) is 30.0 Å². The Bertz CT molecular complexity index is 517. The van der Waals surface area contributed by atoms with Gasteiger partial charge in [0.1, 0.15) is 0 Å². The van der Waals surface area contributed by atoms with Crippen LogP contribution in [0.25, 0.3) is 6.08 Å². The van der Waals surface area contributed by atoms with Crippen molar-refractivity contribution >= 4 is 18.1 Å². The Balaban J connectivity index is 1.77. The first-order chi connectivity index (χ1) is 10.1. The van der Waals surface area contributed by atoms with Gasteiger partial charge in [0.05, 0.1) is 0 Å². The van der Waals surface area contributed by atoms with Gasteiger partial charge in [-0.05, 0) is 30.0 Å². The lowest BCUT2D eigenvalue weighted by atomic mass is 10.1. The maximum Gasteiger partial charge on any atom is 0.328 e. The molecular formula is C16H20N2O3. The van der Waals surface area contributed by atoms with Crippen LogP contribution in [-0.2, 0) is 11.3 Å². The van der Waals surface area contributed by atoms with Gasteiger partial charge in [-0.1, -0.05) is 37.1 Å². The Morgan fingerprint density at radius 2 is 1.86 bits per heavy atom. The first-order valence-electron chi connectivity index (χ1n) is 7.18. The summed E-state index contributed by atoms with van der Waals surface area (Å²) in [6, 6.07) is 7.58. The van der Waals surface area contributed by atoms with Crippen molar-refractivity contribution in [1.29, 1.82) is 0 Å². The second-order valence-electron chi connectivity index (χ2n) is 5.22. The quantitative estimate of drug-likeness (QED) is 0.728. The van der Waals surface area contributed by atoms with Gasteiger partial charge in [0.25, 0.3) is 0 Å². The van der Waals surface area contributed by atoms with E-state index >= 15 is 0 Å². The molecule has 0 unspecified atom stereocenters. The minimum atomic E-state index is -0.968. The van der Waals surface area contributed by atoms with Gasteiger partial charge in [0.2, 0.25) is 0 Å². The maximum atomic E-state index is 11.7. The van der Waals surface area contributed by atoms with E-state index in [1.165, 1.54) is 18.9 Å². The lowest BCUT2D eigenvalue weighted by Gasteiger charge is -2.13. The van der Waals surface area contributed by atoms with E-state index in [1.54, 1.807) is 0 Å². The Morgan fingerprint density at radius 3 is 2.48 bits per heavy atom. The van der Waals surface area contributed by atoms with Crippen molar-refractivity contribution < 1.29 is 14.7 Å². The topological polar surface area (TPSA) is 78.4 Å². The van der Waals surface area contributed by atoms with Gasteiger partial charge in [0, 0.05) is 18.7 Å². The van der Waals surface area contributed by atoms with Gasteiger partial charge in [-0.15, -0.1) is 0 Å². The van der Waals surface area contributed by atoms with Gasteiger partial charge in [-0.3, -0.25) is 0 Å². The molecule has 1 saturated carbocycles. The number of carboxylic acid groups (broad SMARTS) is 1. The average Bonchev–Trinajstić information content (AvgIpc) is 2.97. The summed E-state index contributed by atoms with van der Waals surface area (Å²) < 4.78 is 0. The van der Waals surface area contributed by atoms with E-state index in [9.17, 15) is 9.59 Å². The summed E-state index contributed by atoms with van der Waals surface area (Å²) in [5.74, 6) is -0.968. The fourth-order valence-electron chi connectivity index (χ4n) is 2.40. The summed E-state index contributed by atoms with van der Waals surface area (Å²) in [6.45, 7) is 0.460. The number of benzene rings is 1. The summed E-state index contributed by atoms with van der Waals surface area (Å²) in [4.78, 5) is 22.1. The number of carbonyl (C=O) groups is 2. The monoisotopic (exact) mass is 288 g/mol. The van der Waals surface area contributed by atoms with Crippen molar-refractivity contribution in [3.63, 3.8) is 0 Å². The van der Waals surface area contributed by atoms with Crippen LogP contribution in [0.4, 0.5) is 4.79 Å². The molecule has 0 heterocycles. The number of nitrogens with one attached hydrogen (secondary N) is 2. The van der Waals surface area contributed by atoms with Crippen molar-refractivity contribution in [2.45, 2.75) is 38.3 Å². The molecule has 5 nitrogen and oxygen atoms in total. The molecule has 2 amide bonds. The molecule has 1 aromatic carbocycles. The Hall–Kier alpha value is -2.30. The van der Waals surface area contributed by atoms with Crippen LogP contribution in [0.15, 0.2) is 30.3 Å². The van der Waals surface area contributed by atoms with Crippen LogP contribution in [-0.4, -0.2) is 23.1 Å². The van der Waals surface area contributed by atoms with E-state index in [0.29, 0.717) is 12.6 Å². The number of carbonyl (C=O) groups excluding carboxylic acids is 1. The van der Waals surface area contributed by atoms with E-state index < -0.39 is 5.97 Å². The predicted molar refractivity (Wildman–Crippen MR) is 80.7 cm³/mol. The number of aliphatic carboxylic acids is 1. The molecule has 1 fully saturated rings. The van der Waals surface area contributed by atoms with E-state index in [1.807, 2.05) is 24.3 Å². The number of urea groups is 1. The van der Waals surface area contributed by atoms with Crippen molar-refractivity contribution in [2.75, 3.05) is 0 Å². The number of rotatable bonds is 5. The molecular weight excluding hydrogens is 268 g/mol. The minimum Gasteiger partial charge on any atom is -0.478 e. The SMILES string of the molecule is O=C(O)/C=C/c1ccc(CNC(=O)NC2CCCC2)cc1. The first-order valence-corrected chi connectivity index (χ1v) is 7.18. The van der Waals surface area contributed by atoms with Crippen molar-refractivity contribution in [1.82, 2.24) is 10.6 Å². The molecule has 0 saturated heterocycles. The van der Waals surface area contributed by atoms with E-state index in [-0.39, 0.29) is 6.03 Å². The maximum absolute atomic E-state index is 11.7. The van der Waals surface area contributed by atoms with Crippen LogP contribution in [0.5, 0.6) is 0 Å². The lowest BCUT2D eigenvalue weighted by Crippen LogP contribution is -2.40. The highest BCUT2D eigenvalue weighted by Crippen LogP contribution is 2.17. The number of amides is 2. The third-order valence-electron chi connectivity index (χ3n) is 3.54. The van der Waals surface area contributed by atoms with Gasteiger partial charge in [-0.2, -0.15) is 0 Å². The molecule has 0 aromatic heterocycles. The molecule has 21 heavy (non-hydrogen) atoms. The second-order valence-corrected chi connectivity index (χ2v) is 5.22. The van der Waals surface area contributed by atoms with Crippen LogP contribution in [0.3, 0.4) is 0 Å². The summed E-state index contributed by atoms with van der Waals surface area (Å²) in [6.07, 6.45) is 7.15. The third-order valence-corrected chi connectivity index (χ3v) is 3.54. The molecule has 0 bridgehead atoms. The molecule has 112 valence electrons. The largest absolute Gasteiger partial charge is 0.478 e. The Kier molecular flexibility index (Phi) is 5.37. The number of hydrogen-bond donors (Lipinski definition) is 3. The summed E-state index contributed by atoms with van der Waals surface area (Å²) >= 11 is 0. The molecule has 1 aromatic rings. The molecule has 1 aliphatic rings. The van der Waals surface area contributed by atoms with E-state index in [2.05, 4.69) is 10.6 Å². The molecule has 2 rings (SSSR count). The minimum absolute atomic E-state index is 0.128. The fourth-order valence-corrected chi connectivity index (χ4v) is 2.40. The predicted octanol–water partition coefficient (Wildman–Crippen LogP) is 2.53. The van der Waals surface area contributed by atoms with Crippen molar-refractivity contribution in [2.24, 2.45) is 0 Å². The standard InChI is InChI=1S/C16H20N2O3/c19-15(20)10-9-12-5-7-13(8-6-12)11-17-16(21)18-14-3-1-2-4-14/h5-10,14H,1-4,11H2,(H,19,20)(H2,17,18,21)/b10-9+. The summed E-state index contributed by atoms with van der Waals surface area (Å²) in [5, 5.41) is 14.4. The molecule has 0 atom stereocenters. The summed E-state index contributed by atoms with van der Waals surface area (Å²) in [7, 11) is 0. The van der Waals surface area contributed by atoms with Gasteiger partial charge in [-0.25, -0.2) is 9.59 Å². The van der Waals surface area contributed by atoms with Crippen LogP contribution in [0.1, 0.15) is 36.8 Å². The zero-order valence-electron chi connectivity index (χ0n) is 11.8. The lowest BCUT2D eigenvalue weighted by molar-refractivity contribution is -0.131. The first kappa shape index (κ1) is 15.1. The second kappa shape index (κ2) is 7.47. The Labute approximate surface area is 124 Å². The highest BCUT2D eigenvalue weighted by molar-refractivity contribution is 5.85. The van der Waals surface area contributed by atoms with Gasteiger partial charge >= 0.3 is 12.0 Å². The number of hydrogen-bond acceptors (Lipinski definition) is 2. The van der Waals surface area contributed by atoms with E-state index in [4.69, 9.17) is 5.11 Å². The molecule has 5 heteroatoms. The molecule has 0 aliphatic heterocycles. The van der Waals surface area contributed by atoms with Crippen LogP contribution >= 0.6 is 0 Å². The highest BCUT2D eigenvalue weighted by Gasteiger charge is 2.16. The van der Waals surface area contributed by atoms with Crippen molar-refractivity contribution in [3.05, 3.63) is 41.5 Å². The Morgan fingerprint density at radius 1 is 1.19 bits per heavy atom. The van der Waals surface area contributed by atoms with Gasteiger partial charge in [0.15, 0.2) is 0 Å². The van der Waals surface area contributed by atoms with Crippen LogP contribution in [0, 0.1) is 0 Å². The average molecular weight is 288 g/mol. The molecule has 3 N–H and O–H groups in total. The molecule has 0 radical (unpaired) electrons. The zero-order valence-corrected chi connectivity index (χ0v) is 11.8. The van der Waals surface area contributed by atoms with Gasteiger partial charge < -0.3 is 15.7 Å². The van der Waals surface area contributed by atoms with Crippen LogP contribution < -0.4 is 10.6 Å². The molecule has 1 aliphatic carbocycles. The van der Waals surface area contributed by atoms with Crippen LogP contribution in [0.2, 0.25) is 0 Å². The fraction of sp³-hybridized carbons (Fsp3) is 0.375. The zero-order chi connectivity index (χ0) is 15.1. The summed E-state index contributed by atoms with van der Waals surface area (Å²) in [5.41, 5.74) is 1.79. The highest BCUT2D eigenvalue weighted by atomic mass is 16.4. The smallest absolute Gasteiger partial charge is 0.328 e.